The van der Waals surface area contributed by atoms with Gasteiger partial charge in [0.15, 0.2) is 0 Å². The van der Waals surface area contributed by atoms with Crippen LogP contribution in [0.4, 0.5) is 0 Å². The van der Waals surface area contributed by atoms with Crippen molar-refractivity contribution in [3.63, 3.8) is 0 Å². The van der Waals surface area contributed by atoms with E-state index >= 15 is 0 Å². The highest BCUT2D eigenvalue weighted by molar-refractivity contribution is 6.33. The van der Waals surface area contributed by atoms with Crippen molar-refractivity contribution in [2.45, 2.75) is 13.8 Å². The van der Waals surface area contributed by atoms with Crippen LogP contribution < -0.4 is 0 Å². The number of rotatable bonds is 2. The van der Waals surface area contributed by atoms with E-state index in [1.54, 1.807) is 12.1 Å². The lowest BCUT2D eigenvalue weighted by Gasteiger charge is -2.08. The molecule has 0 saturated carbocycles. The molecule has 0 unspecified atom stereocenters. The fourth-order valence-corrected chi connectivity index (χ4v) is 2.24. The molecule has 0 fully saturated rings. The molecule has 0 aromatic heterocycles. The molecule has 3 heteroatoms. The molecule has 0 radical (unpaired) electrons. The van der Waals surface area contributed by atoms with Crippen LogP contribution in [0.2, 0.25) is 5.02 Å². The number of carboxylic acid groups (broad SMARTS) is 1. The summed E-state index contributed by atoms with van der Waals surface area (Å²) in [6.07, 6.45) is 0. The highest BCUT2D eigenvalue weighted by atomic mass is 35.5. The van der Waals surface area contributed by atoms with Gasteiger partial charge in [0.05, 0.1) is 5.56 Å². The van der Waals surface area contributed by atoms with Crippen LogP contribution in [-0.2, 0) is 0 Å². The molecular formula is C15H13ClO2. The molecule has 2 aromatic rings. The van der Waals surface area contributed by atoms with Crippen molar-refractivity contribution in [1.29, 1.82) is 0 Å². The Morgan fingerprint density at radius 1 is 1.06 bits per heavy atom. The summed E-state index contributed by atoms with van der Waals surface area (Å²) in [4.78, 5) is 11.0. The first-order valence-electron chi connectivity index (χ1n) is 5.59. The first-order valence-corrected chi connectivity index (χ1v) is 5.96. The van der Waals surface area contributed by atoms with E-state index in [1.807, 2.05) is 26.0 Å². The maximum Gasteiger partial charge on any atom is 0.335 e. The molecule has 1 N–H and O–H groups in total. The number of hydrogen-bond acceptors (Lipinski definition) is 1. The van der Waals surface area contributed by atoms with Crippen LogP contribution in [0, 0.1) is 13.8 Å². The van der Waals surface area contributed by atoms with Crippen molar-refractivity contribution in [3.05, 3.63) is 58.1 Å². The van der Waals surface area contributed by atoms with Crippen molar-refractivity contribution in [2.75, 3.05) is 0 Å². The van der Waals surface area contributed by atoms with Gasteiger partial charge in [-0.1, -0.05) is 40.9 Å². The van der Waals surface area contributed by atoms with Crippen LogP contribution in [0.3, 0.4) is 0 Å². The third-order valence-electron chi connectivity index (χ3n) is 2.75. The summed E-state index contributed by atoms with van der Waals surface area (Å²) in [7, 11) is 0. The SMILES string of the molecule is Cc1cc(C)cc(-c2cc(C(=O)O)ccc2Cl)c1. The van der Waals surface area contributed by atoms with Gasteiger partial charge in [0.25, 0.3) is 0 Å². The van der Waals surface area contributed by atoms with Crippen LogP contribution in [0.1, 0.15) is 21.5 Å². The Morgan fingerprint density at radius 2 is 1.67 bits per heavy atom. The fourth-order valence-electron chi connectivity index (χ4n) is 2.01. The number of carboxylic acids is 1. The van der Waals surface area contributed by atoms with Gasteiger partial charge in [-0.15, -0.1) is 0 Å². The van der Waals surface area contributed by atoms with E-state index in [-0.39, 0.29) is 5.56 Å². The summed E-state index contributed by atoms with van der Waals surface area (Å²) in [6.45, 7) is 4.01. The van der Waals surface area contributed by atoms with Crippen LogP contribution in [0.5, 0.6) is 0 Å². The Bertz CT molecular complexity index is 598. The minimum Gasteiger partial charge on any atom is -0.478 e. The van der Waals surface area contributed by atoms with Crippen LogP contribution in [-0.4, -0.2) is 11.1 Å². The number of aromatic carboxylic acids is 1. The molecule has 0 aliphatic carbocycles. The summed E-state index contributed by atoms with van der Waals surface area (Å²) in [5, 5.41) is 9.57. The number of benzene rings is 2. The number of carbonyl (C=O) groups is 1. The fraction of sp³-hybridized carbons (Fsp3) is 0.133. The maximum atomic E-state index is 11.0. The highest BCUT2D eigenvalue weighted by Gasteiger charge is 2.09. The predicted octanol–water partition coefficient (Wildman–Crippen LogP) is 4.32. The molecule has 0 aliphatic rings. The topological polar surface area (TPSA) is 37.3 Å². The second-order valence-corrected chi connectivity index (χ2v) is 4.78. The molecule has 0 heterocycles. The molecule has 2 rings (SSSR count). The summed E-state index contributed by atoms with van der Waals surface area (Å²) >= 11 is 6.15. The maximum absolute atomic E-state index is 11.0. The van der Waals surface area contributed by atoms with Crippen LogP contribution >= 0.6 is 11.6 Å². The zero-order valence-corrected chi connectivity index (χ0v) is 11.0. The van der Waals surface area contributed by atoms with Crippen molar-refractivity contribution in [3.8, 4) is 11.1 Å². The molecule has 0 saturated heterocycles. The van der Waals surface area contributed by atoms with Gasteiger partial charge >= 0.3 is 5.97 Å². The Morgan fingerprint density at radius 3 is 2.22 bits per heavy atom. The normalized spacial score (nSPS) is 10.4. The molecule has 0 aliphatic heterocycles. The quantitative estimate of drug-likeness (QED) is 0.873. The van der Waals surface area contributed by atoms with Gasteiger partial charge in [0.2, 0.25) is 0 Å². The summed E-state index contributed by atoms with van der Waals surface area (Å²) in [5.41, 5.74) is 4.20. The van der Waals surface area contributed by atoms with Crippen molar-refractivity contribution >= 4 is 17.6 Å². The van der Waals surface area contributed by atoms with Gasteiger partial charge in [-0.05, 0) is 37.6 Å². The largest absolute Gasteiger partial charge is 0.478 e. The highest BCUT2D eigenvalue weighted by Crippen LogP contribution is 2.30. The Balaban J connectivity index is 2.62. The second-order valence-electron chi connectivity index (χ2n) is 4.38. The molecular weight excluding hydrogens is 248 g/mol. The third-order valence-corrected chi connectivity index (χ3v) is 3.08. The van der Waals surface area contributed by atoms with E-state index in [0.29, 0.717) is 5.02 Å². The van der Waals surface area contributed by atoms with E-state index in [9.17, 15) is 4.79 Å². The predicted molar refractivity (Wildman–Crippen MR) is 73.3 cm³/mol. The van der Waals surface area contributed by atoms with Crippen molar-refractivity contribution < 1.29 is 9.90 Å². The minimum atomic E-state index is -0.947. The van der Waals surface area contributed by atoms with Gasteiger partial charge in [0, 0.05) is 10.6 Å². The lowest BCUT2D eigenvalue weighted by molar-refractivity contribution is 0.0697. The van der Waals surface area contributed by atoms with E-state index in [2.05, 4.69) is 6.07 Å². The van der Waals surface area contributed by atoms with E-state index < -0.39 is 5.97 Å². The van der Waals surface area contributed by atoms with Gasteiger partial charge in [-0.25, -0.2) is 4.79 Å². The molecule has 18 heavy (non-hydrogen) atoms. The Hall–Kier alpha value is -1.80. The lowest BCUT2D eigenvalue weighted by atomic mass is 9.99. The molecule has 2 aromatic carbocycles. The lowest BCUT2D eigenvalue weighted by Crippen LogP contribution is -1.96. The van der Waals surface area contributed by atoms with Crippen molar-refractivity contribution in [1.82, 2.24) is 0 Å². The smallest absolute Gasteiger partial charge is 0.335 e. The zero-order chi connectivity index (χ0) is 13.3. The van der Waals surface area contributed by atoms with E-state index in [0.717, 1.165) is 22.3 Å². The first-order chi connectivity index (χ1) is 8.47. The number of halogens is 1. The minimum absolute atomic E-state index is 0.244. The van der Waals surface area contributed by atoms with Gasteiger partial charge < -0.3 is 5.11 Å². The number of hydrogen-bond donors (Lipinski definition) is 1. The van der Waals surface area contributed by atoms with Gasteiger partial charge in [-0.3, -0.25) is 0 Å². The summed E-state index contributed by atoms with van der Waals surface area (Å²) in [5.74, 6) is -0.947. The van der Waals surface area contributed by atoms with E-state index in [1.165, 1.54) is 6.07 Å². The van der Waals surface area contributed by atoms with Gasteiger partial charge in [-0.2, -0.15) is 0 Å². The van der Waals surface area contributed by atoms with Crippen LogP contribution in [0.15, 0.2) is 36.4 Å². The second kappa shape index (κ2) is 4.83. The standard InChI is InChI=1S/C15H13ClO2/c1-9-5-10(2)7-12(6-9)13-8-11(15(17)18)3-4-14(13)16/h3-8H,1-2H3,(H,17,18). The monoisotopic (exact) mass is 260 g/mol. The molecule has 0 amide bonds. The molecule has 2 nitrogen and oxygen atoms in total. The molecule has 0 atom stereocenters. The summed E-state index contributed by atoms with van der Waals surface area (Å²) < 4.78 is 0. The molecule has 0 spiro atoms. The van der Waals surface area contributed by atoms with Gasteiger partial charge in [0.1, 0.15) is 0 Å². The molecule has 0 bridgehead atoms. The Labute approximate surface area is 111 Å². The van der Waals surface area contributed by atoms with Crippen LogP contribution in [0.25, 0.3) is 11.1 Å². The zero-order valence-electron chi connectivity index (χ0n) is 10.2. The third kappa shape index (κ3) is 2.54. The summed E-state index contributed by atoms with van der Waals surface area (Å²) in [6, 6.07) is 10.8. The average molecular weight is 261 g/mol. The Kier molecular flexibility index (Phi) is 3.39. The first kappa shape index (κ1) is 12.7. The number of aryl methyl sites for hydroxylation is 2. The van der Waals surface area contributed by atoms with Crippen molar-refractivity contribution in [2.24, 2.45) is 0 Å². The van der Waals surface area contributed by atoms with E-state index in [4.69, 9.17) is 16.7 Å². The average Bonchev–Trinajstić information content (AvgIpc) is 2.27. The molecule has 92 valence electrons.